The molecule has 0 N–H and O–H groups in total. The Morgan fingerprint density at radius 3 is 2.63 bits per heavy atom. The molecule has 2 aliphatic carbocycles. The number of rotatable bonds is 3. The van der Waals surface area contributed by atoms with Crippen LogP contribution >= 0.6 is 11.3 Å². The summed E-state index contributed by atoms with van der Waals surface area (Å²) < 4.78 is 37.8. The van der Waals surface area contributed by atoms with Gasteiger partial charge in [0.1, 0.15) is 12.2 Å². The molecular formula is C12H13F3N2OS. The molecule has 104 valence electrons. The number of ketones is 1. The summed E-state index contributed by atoms with van der Waals surface area (Å²) in [5, 5.41) is 0.361. The quantitative estimate of drug-likeness (QED) is 0.857. The lowest BCUT2D eigenvalue weighted by Crippen LogP contribution is -2.35. The Kier molecular flexibility index (Phi) is 3.03. The van der Waals surface area contributed by atoms with Crippen molar-refractivity contribution in [3.63, 3.8) is 0 Å². The number of nitrogens with zero attached hydrogens (tertiary/aromatic N) is 2. The Balaban J connectivity index is 1.88. The summed E-state index contributed by atoms with van der Waals surface area (Å²) in [5.74, 6) is -0.0356. The third-order valence-electron chi connectivity index (χ3n) is 3.34. The average Bonchev–Trinajstić information content (AvgIpc) is 3.04. The number of hydrogen-bond acceptors (Lipinski definition) is 4. The molecule has 0 aliphatic heterocycles. The minimum atomic E-state index is -4.24. The summed E-state index contributed by atoms with van der Waals surface area (Å²) in [5.41, 5.74) is 0.402. The minimum Gasteiger partial charge on any atom is -0.336 e. The fraction of sp³-hybridized carbons (Fsp3) is 0.667. The van der Waals surface area contributed by atoms with Gasteiger partial charge in [0.05, 0.1) is 0 Å². The van der Waals surface area contributed by atoms with Crippen molar-refractivity contribution < 1.29 is 18.0 Å². The van der Waals surface area contributed by atoms with E-state index in [1.54, 1.807) is 0 Å². The molecule has 0 bridgehead atoms. The number of alkyl halides is 3. The van der Waals surface area contributed by atoms with Gasteiger partial charge in [-0.05, 0) is 25.7 Å². The van der Waals surface area contributed by atoms with Crippen LogP contribution in [-0.4, -0.2) is 29.5 Å². The van der Waals surface area contributed by atoms with E-state index in [2.05, 4.69) is 4.98 Å². The third-order valence-corrected chi connectivity index (χ3v) is 4.49. The number of fused-ring (bicyclic) bond motifs is 1. The number of aromatic nitrogens is 1. The van der Waals surface area contributed by atoms with Gasteiger partial charge in [-0.2, -0.15) is 13.2 Å². The third kappa shape index (κ3) is 2.75. The molecule has 0 atom stereocenters. The maximum atomic E-state index is 12.6. The fourth-order valence-electron chi connectivity index (χ4n) is 2.31. The molecule has 1 aromatic rings. The topological polar surface area (TPSA) is 33.2 Å². The number of hydrogen-bond donors (Lipinski definition) is 0. The Labute approximate surface area is 112 Å². The van der Waals surface area contributed by atoms with Crippen molar-refractivity contribution in [1.29, 1.82) is 0 Å². The van der Waals surface area contributed by atoms with E-state index >= 15 is 0 Å². The van der Waals surface area contributed by atoms with Crippen LogP contribution in [0.3, 0.4) is 0 Å². The van der Waals surface area contributed by atoms with Crippen molar-refractivity contribution in [1.82, 2.24) is 4.98 Å². The van der Waals surface area contributed by atoms with Gasteiger partial charge in [-0.1, -0.05) is 0 Å². The summed E-state index contributed by atoms with van der Waals surface area (Å²) in [6.45, 7) is -0.974. The van der Waals surface area contributed by atoms with Crippen LogP contribution in [0.1, 0.15) is 41.0 Å². The van der Waals surface area contributed by atoms with Crippen molar-refractivity contribution in [3.05, 3.63) is 10.6 Å². The molecule has 2 aliphatic rings. The Morgan fingerprint density at radius 1 is 1.32 bits per heavy atom. The van der Waals surface area contributed by atoms with E-state index in [9.17, 15) is 18.0 Å². The number of thiazole rings is 1. The number of carbonyl (C=O) groups is 1. The zero-order valence-corrected chi connectivity index (χ0v) is 11.0. The second-order valence-electron chi connectivity index (χ2n) is 5.02. The van der Waals surface area contributed by atoms with Crippen molar-refractivity contribution >= 4 is 22.3 Å². The highest BCUT2D eigenvalue weighted by Gasteiger charge is 2.40. The first kappa shape index (κ1) is 12.9. The molecule has 0 spiro atoms. The lowest BCUT2D eigenvalue weighted by molar-refractivity contribution is -0.120. The first-order chi connectivity index (χ1) is 8.94. The SMILES string of the molecule is O=C1CCCc2sc(N(CC(F)(F)F)C3CC3)nc21. The van der Waals surface area contributed by atoms with Gasteiger partial charge < -0.3 is 4.90 Å². The highest BCUT2D eigenvalue weighted by Crippen LogP contribution is 2.39. The fourth-order valence-corrected chi connectivity index (χ4v) is 3.50. The zero-order chi connectivity index (χ0) is 13.6. The lowest BCUT2D eigenvalue weighted by Gasteiger charge is -2.22. The molecule has 1 heterocycles. The first-order valence-electron chi connectivity index (χ1n) is 6.30. The van der Waals surface area contributed by atoms with Crippen LogP contribution in [0.25, 0.3) is 0 Å². The van der Waals surface area contributed by atoms with E-state index in [1.165, 1.54) is 16.2 Å². The highest BCUT2D eigenvalue weighted by molar-refractivity contribution is 7.16. The molecule has 7 heteroatoms. The molecule has 3 nitrogen and oxygen atoms in total. The van der Waals surface area contributed by atoms with Crippen LogP contribution in [0, 0.1) is 0 Å². The molecule has 19 heavy (non-hydrogen) atoms. The van der Waals surface area contributed by atoms with Crippen molar-refractivity contribution in [2.24, 2.45) is 0 Å². The van der Waals surface area contributed by atoms with Gasteiger partial charge in [-0.15, -0.1) is 11.3 Å². The Hall–Kier alpha value is -1.11. The first-order valence-corrected chi connectivity index (χ1v) is 7.12. The van der Waals surface area contributed by atoms with Crippen LogP contribution in [0.15, 0.2) is 0 Å². The maximum absolute atomic E-state index is 12.6. The van der Waals surface area contributed by atoms with Gasteiger partial charge in [0, 0.05) is 17.3 Å². The average molecular weight is 290 g/mol. The van der Waals surface area contributed by atoms with Crippen molar-refractivity contribution in [2.45, 2.75) is 44.3 Å². The van der Waals surface area contributed by atoms with Gasteiger partial charge in [-0.25, -0.2) is 4.98 Å². The van der Waals surface area contributed by atoms with E-state index < -0.39 is 12.7 Å². The highest BCUT2D eigenvalue weighted by atomic mass is 32.1. The standard InChI is InChI=1S/C12H13F3N2OS/c13-12(14,15)6-17(7-4-5-7)11-16-10-8(18)2-1-3-9(10)19-11/h7H,1-6H2. The monoisotopic (exact) mass is 290 g/mol. The zero-order valence-electron chi connectivity index (χ0n) is 10.2. The summed E-state index contributed by atoms with van der Waals surface area (Å²) in [4.78, 5) is 18.0. The number of aryl methyl sites for hydroxylation is 1. The molecule has 1 saturated carbocycles. The molecule has 0 amide bonds. The second kappa shape index (κ2) is 4.47. The maximum Gasteiger partial charge on any atom is 0.406 e. The summed E-state index contributed by atoms with van der Waals surface area (Å²) >= 11 is 1.25. The van der Waals surface area contributed by atoms with Gasteiger partial charge in [0.25, 0.3) is 0 Å². The van der Waals surface area contributed by atoms with E-state index in [-0.39, 0.29) is 11.8 Å². The van der Waals surface area contributed by atoms with Gasteiger partial charge >= 0.3 is 6.18 Å². The predicted molar refractivity (Wildman–Crippen MR) is 65.8 cm³/mol. The summed E-state index contributed by atoms with van der Waals surface area (Å²) in [7, 11) is 0. The van der Waals surface area contributed by atoms with Crippen LogP contribution in [-0.2, 0) is 6.42 Å². The van der Waals surface area contributed by atoms with Crippen molar-refractivity contribution in [3.8, 4) is 0 Å². The van der Waals surface area contributed by atoms with E-state index in [4.69, 9.17) is 0 Å². The molecule has 0 radical (unpaired) electrons. The number of halogens is 3. The van der Waals surface area contributed by atoms with Crippen LogP contribution in [0.5, 0.6) is 0 Å². The predicted octanol–water partition coefficient (Wildman–Crippen LogP) is 3.19. The number of Topliss-reactive ketones (excluding diaryl/α,β-unsaturated/α-hetero) is 1. The molecular weight excluding hydrogens is 277 g/mol. The molecule has 3 rings (SSSR count). The summed E-state index contributed by atoms with van der Waals surface area (Å²) in [6.07, 6.45) is -0.709. The second-order valence-corrected chi connectivity index (χ2v) is 6.08. The van der Waals surface area contributed by atoms with E-state index in [0.717, 1.165) is 30.6 Å². The minimum absolute atomic E-state index is 0.0356. The van der Waals surface area contributed by atoms with Crippen molar-refractivity contribution in [2.75, 3.05) is 11.4 Å². The van der Waals surface area contributed by atoms with Crippen LogP contribution in [0.4, 0.5) is 18.3 Å². The van der Waals surface area contributed by atoms with E-state index in [0.29, 0.717) is 17.2 Å². The number of anilines is 1. The lowest BCUT2D eigenvalue weighted by atomic mass is 10.0. The molecule has 1 aromatic heterocycles. The largest absolute Gasteiger partial charge is 0.406 e. The van der Waals surface area contributed by atoms with Gasteiger partial charge in [0.15, 0.2) is 10.9 Å². The molecule has 0 aromatic carbocycles. The molecule has 0 saturated heterocycles. The van der Waals surface area contributed by atoms with Crippen LogP contribution < -0.4 is 4.90 Å². The Morgan fingerprint density at radius 2 is 2.05 bits per heavy atom. The summed E-state index contributed by atoms with van der Waals surface area (Å²) in [6, 6.07) is -0.0654. The number of carbonyl (C=O) groups excluding carboxylic acids is 1. The van der Waals surface area contributed by atoms with Crippen LogP contribution in [0.2, 0.25) is 0 Å². The van der Waals surface area contributed by atoms with Gasteiger partial charge in [-0.3, -0.25) is 4.79 Å². The molecule has 1 fully saturated rings. The smallest absolute Gasteiger partial charge is 0.336 e. The van der Waals surface area contributed by atoms with E-state index in [1.807, 2.05) is 0 Å². The normalized spacial score (nSPS) is 19.4. The Bertz CT molecular complexity index is 508. The molecule has 0 unspecified atom stereocenters. The van der Waals surface area contributed by atoms with Gasteiger partial charge in [0.2, 0.25) is 0 Å².